The molecular formula is C24H21N. The van der Waals surface area contributed by atoms with Crippen molar-refractivity contribution in [2.75, 3.05) is 0 Å². The maximum Gasteiger partial charge on any atom is 0.0217 e. The maximum atomic E-state index is 3.67. The van der Waals surface area contributed by atoms with Crippen LogP contribution in [0.4, 0.5) is 0 Å². The predicted octanol–water partition coefficient (Wildman–Crippen LogP) is 5.88. The standard InChI is InChI=1S/C24H21N/c1-15-11-17-7-3-5-9-19(17)23-21(15)13-25-14-22-16(2)12-18-8-4-6-10-20(18)24(22)23/h3-12,25H,13-14H2,1-2H3. The van der Waals surface area contributed by atoms with Gasteiger partial charge in [0.25, 0.3) is 0 Å². The minimum atomic E-state index is 0.925. The first-order chi connectivity index (χ1) is 12.2. The molecule has 0 unspecified atom stereocenters. The van der Waals surface area contributed by atoms with Gasteiger partial charge in [0.15, 0.2) is 0 Å². The van der Waals surface area contributed by atoms with Crippen molar-refractivity contribution >= 4 is 21.5 Å². The molecule has 0 aliphatic carbocycles. The summed E-state index contributed by atoms with van der Waals surface area (Å²) in [5.41, 5.74) is 8.48. The van der Waals surface area contributed by atoms with E-state index in [9.17, 15) is 0 Å². The van der Waals surface area contributed by atoms with Crippen LogP contribution in [0.25, 0.3) is 32.7 Å². The summed E-state index contributed by atoms with van der Waals surface area (Å²) in [4.78, 5) is 0. The van der Waals surface area contributed by atoms with Crippen molar-refractivity contribution in [1.82, 2.24) is 5.32 Å². The molecule has 0 amide bonds. The molecule has 0 fully saturated rings. The number of benzene rings is 4. The number of nitrogens with one attached hydrogen (secondary N) is 1. The van der Waals surface area contributed by atoms with Gasteiger partial charge in [0, 0.05) is 13.1 Å². The van der Waals surface area contributed by atoms with Gasteiger partial charge in [0.05, 0.1) is 0 Å². The Bertz CT molecular complexity index is 1050. The minimum absolute atomic E-state index is 0.925. The molecule has 0 atom stereocenters. The number of aryl methyl sites for hydroxylation is 2. The highest BCUT2D eigenvalue weighted by Crippen LogP contribution is 2.42. The first-order valence-corrected chi connectivity index (χ1v) is 8.97. The zero-order valence-electron chi connectivity index (χ0n) is 14.7. The minimum Gasteiger partial charge on any atom is -0.309 e. The normalized spacial score (nSPS) is 13.5. The second-order valence-corrected chi connectivity index (χ2v) is 7.14. The smallest absolute Gasteiger partial charge is 0.0217 e. The molecule has 5 rings (SSSR count). The van der Waals surface area contributed by atoms with E-state index in [-0.39, 0.29) is 0 Å². The van der Waals surface area contributed by atoms with Crippen molar-refractivity contribution in [2.45, 2.75) is 26.9 Å². The van der Waals surface area contributed by atoms with E-state index in [1.165, 1.54) is 54.9 Å². The van der Waals surface area contributed by atoms with E-state index < -0.39 is 0 Å². The SMILES string of the molecule is Cc1cc2ccccc2c2c1CNCc1c(C)cc3ccccc3c1-2. The van der Waals surface area contributed by atoms with Gasteiger partial charge < -0.3 is 5.32 Å². The van der Waals surface area contributed by atoms with Gasteiger partial charge in [-0.15, -0.1) is 0 Å². The molecule has 1 heteroatoms. The van der Waals surface area contributed by atoms with Gasteiger partial charge in [-0.3, -0.25) is 0 Å². The van der Waals surface area contributed by atoms with Crippen molar-refractivity contribution in [3.63, 3.8) is 0 Å². The van der Waals surface area contributed by atoms with Crippen molar-refractivity contribution in [3.8, 4) is 11.1 Å². The lowest BCUT2D eigenvalue weighted by atomic mass is 9.85. The van der Waals surface area contributed by atoms with E-state index >= 15 is 0 Å². The maximum absolute atomic E-state index is 3.67. The molecule has 1 aliphatic heterocycles. The third-order valence-corrected chi connectivity index (χ3v) is 5.61. The summed E-state index contributed by atoms with van der Waals surface area (Å²) in [5, 5.41) is 9.06. The molecule has 0 bridgehead atoms. The predicted molar refractivity (Wildman–Crippen MR) is 107 cm³/mol. The van der Waals surface area contributed by atoms with Crippen LogP contribution in [0, 0.1) is 13.8 Å². The number of fused-ring (bicyclic) bond motifs is 7. The van der Waals surface area contributed by atoms with Crippen LogP contribution < -0.4 is 5.32 Å². The quantitative estimate of drug-likeness (QED) is 0.426. The molecule has 0 aromatic heterocycles. The molecule has 1 nitrogen and oxygen atoms in total. The Labute approximate surface area is 148 Å². The number of hydrogen-bond donors (Lipinski definition) is 1. The van der Waals surface area contributed by atoms with Gasteiger partial charge in [-0.1, -0.05) is 60.7 Å². The van der Waals surface area contributed by atoms with Crippen LogP contribution in [-0.4, -0.2) is 0 Å². The van der Waals surface area contributed by atoms with Crippen molar-refractivity contribution < 1.29 is 0 Å². The summed E-state index contributed by atoms with van der Waals surface area (Å²) >= 11 is 0. The van der Waals surface area contributed by atoms with E-state index in [0.717, 1.165) is 13.1 Å². The highest BCUT2D eigenvalue weighted by atomic mass is 14.9. The van der Waals surface area contributed by atoms with E-state index in [1.54, 1.807) is 0 Å². The molecule has 0 spiro atoms. The zero-order chi connectivity index (χ0) is 17.0. The van der Waals surface area contributed by atoms with Crippen LogP contribution in [0.5, 0.6) is 0 Å². The molecule has 0 radical (unpaired) electrons. The van der Waals surface area contributed by atoms with Crippen molar-refractivity contribution in [3.05, 3.63) is 82.9 Å². The van der Waals surface area contributed by atoms with Gasteiger partial charge >= 0.3 is 0 Å². The zero-order valence-corrected chi connectivity index (χ0v) is 14.7. The lowest BCUT2D eigenvalue weighted by Crippen LogP contribution is -2.12. The summed E-state index contributed by atoms with van der Waals surface area (Å²) in [6.07, 6.45) is 0. The second kappa shape index (κ2) is 5.44. The lowest BCUT2D eigenvalue weighted by molar-refractivity contribution is 0.699. The van der Waals surface area contributed by atoms with Crippen LogP contribution in [0.2, 0.25) is 0 Å². The molecule has 1 aliphatic rings. The van der Waals surface area contributed by atoms with Gasteiger partial charge in [-0.05, 0) is 68.8 Å². The molecule has 1 N–H and O–H groups in total. The molecule has 1 heterocycles. The highest BCUT2D eigenvalue weighted by molar-refractivity contribution is 6.08. The number of rotatable bonds is 0. The molecular weight excluding hydrogens is 302 g/mol. The Morgan fingerprint density at radius 3 is 1.56 bits per heavy atom. The van der Waals surface area contributed by atoms with E-state index in [4.69, 9.17) is 0 Å². The lowest BCUT2D eigenvalue weighted by Gasteiger charge is -2.19. The van der Waals surface area contributed by atoms with E-state index in [1.807, 2.05) is 0 Å². The number of hydrogen-bond acceptors (Lipinski definition) is 1. The van der Waals surface area contributed by atoms with Crippen molar-refractivity contribution in [2.24, 2.45) is 0 Å². The molecule has 0 saturated heterocycles. The molecule has 25 heavy (non-hydrogen) atoms. The molecule has 4 aromatic carbocycles. The summed E-state index contributed by atoms with van der Waals surface area (Å²) in [7, 11) is 0. The van der Waals surface area contributed by atoms with Crippen LogP contribution in [-0.2, 0) is 13.1 Å². The first-order valence-electron chi connectivity index (χ1n) is 8.97. The second-order valence-electron chi connectivity index (χ2n) is 7.14. The van der Waals surface area contributed by atoms with Crippen LogP contribution in [0.15, 0.2) is 60.7 Å². The topological polar surface area (TPSA) is 12.0 Å². The summed E-state index contributed by atoms with van der Waals surface area (Å²) < 4.78 is 0. The molecule has 0 saturated carbocycles. The largest absolute Gasteiger partial charge is 0.309 e. The summed E-state index contributed by atoms with van der Waals surface area (Å²) in [6, 6.07) is 22.3. The highest BCUT2D eigenvalue weighted by Gasteiger charge is 2.22. The van der Waals surface area contributed by atoms with E-state index in [0.29, 0.717) is 0 Å². The monoisotopic (exact) mass is 323 g/mol. The summed E-state index contributed by atoms with van der Waals surface area (Å²) in [5.74, 6) is 0. The fourth-order valence-corrected chi connectivity index (χ4v) is 4.40. The Balaban J connectivity index is 2.05. The summed E-state index contributed by atoms with van der Waals surface area (Å²) in [6.45, 7) is 6.34. The third-order valence-electron chi connectivity index (χ3n) is 5.61. The molecule has 4 aromatic rings. The third kappa shape index (κ3) is 2.13. The van der Waals surface area contributed by atoms with Crippen LogP contribution in [0.1, 0.15) is 22.3 Å². The average molecular weight is 323 g/mol. The average Bonchev–Trinajstić information content (AvgIpc) is 2.83. The Morgan fingerprint density at radius 2 is 1.08 bits per heavy atom. The Hall–Kier alpha value is -2.64. The fourth-order valence-electron chi connectivity index (χ4n) is 4.40. The first kappa shape index (κ1) is 14.7. The van der Waals surface area contributed by atoms with Gasteiger partial charge in [0.2, 0.25) is 0 Å². The fraction of sp³-hybridized carbons (Fsp3) is 0.167. The molecule has 122 valence electrons. The van der Waals surface area contributed by atoms with Crippen LogP contribution >= 0.6 is 0 Å². The van der Waals surface area contributed by atoms with Gasteiger partial charge in [0.1, 0.15) is 0 Å². The van der Waals surface area contributed by atoms with Gasteiger partial charge in [-0.2, -0.15) is 0 Å². The van der Waals surface area contributed by atoms with Gasteiger partial charge in [-0.25, -0.2) is 0 Å². The van der Waals surface area contributed by atoms with Crippen LogP contribution in [0.3, 0.4) is 0 Å². The van der Waals surface area contributed by atoms with Crippen molar-refractivity contribution in [1.29, 1.82) is 0 Å². The Morgan fingerprint density at radius 1 is 0.640 bits per heavy atom. The Kier molecular flexibility index (Phi) is 3.19. The van der Waals surface area contributed by atoms with E-state index in [2.05, 4.69) is 79.8 Å².